The van der Waals surface area contributed by atoms with E-state index in [9.17, 15) is 4.79 Å². The highest BCUT2D eigenvalue weighted by Crippen LogP contribution is 2.06. The van der Waals surface area contributed by atoms with Gasteiger partial charge in [0.1, 0.15) is 11.3 Å². The fraction of sp³-hybridized carbons (Fsp3) is 0.667. The summed E-state index contributed by atoms with van der Waals surface area (Å²) in [5.74, 6) is 0.135. The third-order valence-electron chi connectivity index (χ3n) is 1.87. The van der Waals surface area contributed by atoms with Crippen LogP contribution in [0.3, 0.4) is 0 Å². The van der Waals surface area contributed by atoms with Crippen molar-refractivity contribution in [2.75, 3.05) is 20.2 Å². The lowest BCUT2D eigenvalue weighted by Gasteiger charge is -2.19. The van der Waals surface area contributed by atoms with Crippen LogP contribution in [0.2, 0.25) is 0 Å². The number of amides is 1. The number of methoxy groups -OCH3 is 1. The Kier molecular flexibility index (Phi) is 7.40. The number of nitrogens with zero attached hydrogens (tertiary/aromatic N) is 1. The van der Waals surface area contributed by atoms with Gasteiger partial charge in [0, 0.05) is 19.3 Å². The second kappa shape index (κ2) is 8.23. The first-order valence-corrected chi connectivity index (χ1v) is 6.02. The summed E-state index contributed by atoms with van der Waals surface area (Å²) in [7, 11) is 1.43. The summed E-state index contributed by atoms with van der Waals surface area (Å²) in [4.78, 5) is 15.3. The molecule has 0 aliphatic rings. The molecule has 7 heteroatoms. The Hall–Kier alpha value is -1.92. The van der Waals surface area contributed by atoms with Crippen molar-refractivity contribution < 1.29 is 14.3 Å². The summed E-state index contributed by atoms with van der Waals surface area (Å²) >= 11 is 0. The van der Waals surface area contributed by atoms with Gasteiger partial charge in [-0.2, -0.15) is 0 Å². The molecule has 0 saturated carbocycles. The third kappa shape index (κ3) is 9.75. The maximum atomic E-state index is 11.3. The smallest absolute Gasteiger partial charge is 0.407 e. The lowest BCUT2D eigenvalue weighted by atomic mass is 10.2. The van der Waals surface area contributed by atoms with Crippen LogP contribution < -0.4 is 16.8 Å². The Morgan fingerprint density at radius 1 is 1.37 bits per heavy atom. The maximum absolute atomic E-state index is 11.3. The van der Waals surface area contributed by atoms with Gasteiger partial charge < -0.3 is 26.3 Å². The molecule has 0 fully saturated rings. The second-order valence-corrected chi connectivity index (χ2v) is 4.84. The van der Waals surface area contributed by atoms with Crippen molar-refractivity contribution in [1.29, 1.82) is 0 Å². The lowest BCUT2D eigenvalue weighted by molar-refractivity contribution is 0.0527. The normalized spacial score (nSPS) is 13.1. The maximum Gasteiger partial charge on any atom is 0.407 e. The highest BCUT2D eigenvalue weighted by Gasteiger charge is 2.15. The Balaban J connectivity index is 3.77. The molecule has 0 saturated heterocycles. The van der Waals surface area contributed by atoms with Crippen LogP contribution in [0.4, 0.5) is 4.79 Å². The van der Waals surface area contributed by atoms with Crippen LogP contribution in [0, 0.1) is 0 Å². The molecule has 0 aromatic carbocycles. The average molecular weight is 272 g/mol. The summed E-state index contributed by atoms with van der Waals surface area (Å²) in [5, 5.41) is 2.63. The van der Waals surface area contributed by atoms with Crippen molar-refractivity contribution in [3.05, 3.63) is 11.6 Å². The molecular weight excluding hydrogens is 248 g/mol. The summed E-state index contributed by atoms with van der Waals surface area (Å²) in [5.41, 5.74) is 10.8. The number of carbonyl (C=O) groups excluding carboxylic acids is 1. The van der Waals surface area contributed by atoms with Crippen molar-refractivity contribution in [3.63, 3.8) is 0 Å². The number of hydrogen-bond acceptors (Lipinski definition) is 6. The van der Waals surface area contributed by atoms with Crippen LogP contribution in [0.15, 0.2) is 16.6 Å². The molecule has 0 atom stereocenters. The largest absolute Gasteiger partial charge is 0.481 e. The van der Waals surface area contributed by atoms with E-state index in [4.69, 9.17) is 20.9 Å². The van der Waals surface area contributed by atoms with Crippen LogP contribution in [0.5, 0.6) is 0 Å². The predicted molar refractivity (Wildman–Crippen MR) is 74.6 cm³/mol. The van der Waals surface area contributed by atoms with Gasteiger partial charge in [-0.15, -0.1) is 0 Å². The van der Waals surface area contributed by atoms with Gasteiger partial charge in [-0.1, -0.05) is 0 Å². The van der Waals surface area contributed by atoms with Crippen molar-refractivity contribution >= 4 is 12.3 Å². The number of aliphatic imine (C=N–C) groups is 1. The quantitative estimate of drug-likeness (QED) is 0.374. The molecule has 0 aromatic heterocycles. The second-order valence-electron chi connectivity index (χ2n) is 4.84. The first-order chi connectivity index (χ1) is 8.76. The zero-order valence-electron chi connectivity index (χ0n) is 12.0. The van der Waals surface area contributed by atoms with Crippen molar-refractivity contribution in [3.8, 4) is 0 Å². The Labute approximate surface area is 114 Å². The summed E-state index contributed by atoms with van der Waals surface area (Å²) < 4.78 is 9.82. The van der Waals surface area contributed by atoms with Gasteiger partial charge in [0.25, 0.3) is 0 Å². The van der Waals surface area contributed by atoms with Crippen LogP contribution >= 0.6 is 0 Å². The van der Waals surface area contributed by atoms with E-state index in [1.54, 1.807) is 0 Å². The van der Waals surface area contributed by atoms with Gasteiger partial charge in [-0.3, -0.25) is 4.99 Å². The fourth-order valence-electron chi connectivity index (χ4n) is 1.02. The lowest BCUT2D eigenvalue weighted by Crippen LogP contribution is -2.33. The highest BCUT2D eigenvalue weighted by atomic mass is 16.6. The predicted octanol–water partition coefficient (Wildman–Crippen LogP) is 0.705. The van der Waals surface area contributed by atoms with E-state index in [1.807, 2.05) is 20.8 Å². The third-order valence-corrected chi connectivity index (χ3v) is 1.87. The average Bonchev–Trinajstić information content (AvgIpc) is 2.29. The Morgan fingerprint density at radius 2 is 2.00 bits per heavy atom. The molecule has 110 valence electrons. The summed E-state index contributed by atoms with van der Waals surface area (Å²) in [6, 6.07) is 0. The molecule has 0 aliphatic carbocycles. The van der Waals surface area contributed by atoms with Gasteiger partial charge >= 0.3 is 6.09 Å². The number of rotatable bonds is 6. The minimum Gasteiger partial charge on any atom is -0.481 e. The van der Waals surface area contributed by atoms with Crippen molar-refractivity contribution in [2.24, 2.45) is 16.5 Å². The highest BCUT2D eigenvalue weighted by molar-refractivity contribution is 5.77. The molecule has 5 N–H and O–H groups in total. The molecule has 7 nitrogen and oxygen atoms in total. The number of ether oxygens (including phenoxy) is 2. The molecule has 0 aliphatic heterocycles. The van der Waals surface area contributed by atoms with Crippen molar-refractivity contribution in [1.82, 2.24) is 5.32 Å². The molecule has 0 spiro atoms. The van der Waals surface area contributed by atoms with Crippen LogP contribution in [0.25, 0.3) is 0 Å². The minimum absolute atomic E-state index is 0.135. The standard InChI is InChI=1S/C12H24N4O3/c1-12(2,3)19-11(17)16-7-5-6-15-8-9(13)10(14)18-4/h8H,5-7,13-14H2,1-4H3,(H,16,17). The fourth-order valence-corrected chi connectivity index (χ4v) is 1.02. The van der Waals surface area contributed by atoms with Crippen LogP contribution in [-0.2, 0) is 9.47 Å². The molecule has 0 unspecified atom stereocenters. The SMILES string of the molecule is COC(N)=C(N)C=NCCCNC(=O)OC(C)(C)C. The molecule has 19 heavy (non-hydrogen) atoms. The van der Waals surface area contributed by atoms with Gasteiger partial charge in [0.2, 0.25) is 5.88 Å². The van der Waals surface area contributed by atoms with Gasteiger partial charge in [0.15, 0.2) is 0 Å². The number of alkyl carbamates (subject to hydrolysis) is 1. The van der Waals surface area contributed by atoms with Crippen LogP contribution in [0.1, 0.15) is 27.2 Å². The first kappa shape index (κ1) is 17.1. The monoisotopic (exact) mass is 272 g/mol. The van der Waals surface area contributed by atoms with E-state index in [2.05, 4.69) is 10.3 Å². The molecule has 1 amide bonds. The molecule has 0 rings (SSSR count). The minimum atomic E-state index is -0.487. The number of allylic oxidation sites excluding steroid dienone is 1. The Morgan fingerprint density at radius 3 is 2.53 bits per heavy atom. The topological polar surface area (TPSA) is 112 Å². The first-order valence-electron chi connectivity index (χ1n) is 6.02. The van der Waals surface area contributed by atoms with E-state index in [0.29, 0.717) is 19.5 Å². The summed E-state index contributed by atoms with van der Waals surface area (Å²) in [6.07, 6.45) is 1.68. The molecular formula is C12H24N4O3. The van der Waals surface area contributed by atoms with Gasteiger partial charge in [-0.25, -0.2) is 4.79 Å². The van der Waals surface area contributed by atoms with E-state index in [-0.39, 0.29) is 11.6 Å². The van der Waals surface area contributed by atoms with Crippen LogP contribution in [-0.4, -0.2) is 38.1 Å². The van der Waals surface area contributed by atoms with Crippen molar-refractivity contribution in [2.45, 2.75) is 32.8 Å². The van der Waals surface area contributed by atoms with Gasteiger partial charge in [0.05, 0.1) is 7.11 Å². The zero-order chi connectivity index (χ0) is 14.9. The molecule has 0 bridgehead atoms. The number of carbonyl (C=O) groups is 1. The number of hydrogen-bond donors (Lipinski definition) is 3. The Bertz CT molecular complexity index is 345. The molecule has 0 radical (unpaired) electrons. The molecule has 0 heterocycles. The number of nitrogens with one attached hydrogen (secondary N) is 1. The number of nitrogens with two attached hydrogens (primary N) is 2. The van der Waals surface area contributed by atoms with E-state index < -0.39 is 11.7 Å². The van der Waals surface area contributed by atoms with E-state index in [1.165, 1.54) is 13.3 Å². The van der Waals surface area contributed by atoms with E-state index >= 15 is 0 Å². The summed E-state index contributed by atoms with van der Waals surface area (Å²) in [6.45, 7) is 6.44. The van der Waals surface area contributed by atoms with E-state index in [0.717, 1.165) is 0 Å². The van der Waals surface area contributed by atoms with Gasteiger partial charge in [-0.05, 0) is 27.2 Å². The zero-order valence-corrected chi connectivity index (χ0v) is 12.0. The molecule has 0 aromatic rings.